The zero-order valence-corrected chi connectivity index (χ0v) is 38.3. The Morgan fingerprint density at radius 2 is 0.811 bits per heavy atom. The van der Waals surface area contributed by atoms with Gasteiger partial charge in [0.25, 0.3) is 0 Å². The van der Waals surface area contributed by atoms with Gasteiger partial charge in [0.1, 0.15) is 12.6 Å². The normalized spacial score (nSPS) is 16.7. The first-order chi connectivity index (χ1) is 35.5. The van der Waals surface area contributed by atoms with Crippen molar-refractivity contribution in [3.63, 3.8) is 0 Å². The number of hydrogen-bond acceptors (Lipinski definition) is 5. The van der Waals surface area contributed by atoms with Crippen molar-refractivity contribution in [3.8, 4) is 11.3 Å². The van der Waals surface area contributed by atoms with Crippen LogP contribution in [0, 0.1) is 69.8 Å². The number of rotatable bonds is 2. The third-order valence-corrected chi connectivity index (χ3v) is 12.9. The number of aryl methyl sites for hydroxylation is 1. The summed E-state index contributed by atoms with van der Waals surface area (Å²) in [6.07, 6.45) is 19.2. The first kappa shape index (κ1) is 47.3. The summed E-state index contributed by atoms with van der Waals surface area (Å²) in [5.41, 5.74) is -8.79. The number of nitrogens with one attached hydrogen (secondary N) is 1. The number of pyridine rings is 1. The van der Waals surface area contributed by atoms with Gasteiger partial charge in [-0.15, -0.1) is 0 Å². The number of benzene rings is 3. The lowest BCUT2D eigenvalue weighted by Gasteiger charge is -2.19. The Bertz CT molecular complexity index is 4040. The Labute approximate surface area is 410 Å². The molecule has 0 atom stereocenters. The average molecular weight is 1020 g/mol. The van der Waals surface area contributed by atoms with E-state index in [2.05, 4.69) is 20.0 Å². The van der Waals surface area contributed by atoms with E-state index in [4.69, 9.17) is 0 Å². The summed E-state index contributed by atoms with van der Waals surface area (Å²) < 4.78 is 201. The molecule has 19 heteroatoms. The van der Waals surface area contributed by atoms with Crippen LogP contribution in [0.5, 0.6) is 0 Å². The van der Waals surface area contributed by atoms with E-state index in [0.29, 0.717) is 0 Å². The van der Waals surface area contributed by atoms with Gasteiger partial charge >= 0.3 is 0 Å². The fourth-order valence-corrected chi connectivity index (χ4v) is 9.38. The molecule has 6 aliphatic rings. The smallest absolute Gasteiger partial charge is 0.218 e. The standard InChI is InChI=1S/C55H30F12N7/c1-72-21-7-4-10-32(72)38-44(56)50(62)41(51(63)45(38)57)35-26-15-13-24(68-26)25-14-16-27(69-25)36(42-52(64)46(58)39(47(59)53(42)65)33-11-5-8-22-73(33)2)29-18-20-31(71-29)37(30-19-17-28(35)70-30)43-54(66)48(60)40(49(61)55(43)67)34-12-6-9-23-74(34)3/h4-23,70H,1-3H3/q+1. The van der Waals surface area contributed by atoms with Crippen molar-refractivity contribution in [1.82, 2.24) is 14.8 Å². The van der Waals surface area contributed by atoms with E-state index in [0.717, 1.165) is 30.4 Å². The summed E-state index contributed by atoms with van der Waals surface area (Å²) in [7, 11) is 4.12. The maximum Gasteiger partial charge on any atom is 0.218 e. The van der Waals surface area contributed by atoms with Crippen LogP contribution >= 0.6 is 0 Å². The molecule has 3 aromatic carbocycles. The third kappa shape index (κ3) is 7.15. The molecule has 0 saturated heterocycles. The molecule has 0 radical (unpaired) electrons. The van der Waals surface area contributed by atoms with Crippen LogP contribution in [0.1, 0.15) is 17.0 Å². The fraction of sp³-hybridized carbons (Fsp3) is 0.0545. The Balaban J connectivity index is 1.28. The fourth-order valence-electron chi connectivity index (χ4n) is 9.38. The molecule has 8 heterocycles. The number of likely N-dealkylation sites (N-methyl/N-ethyl adjacent to an activating group) is 2. The number of aliphatic imine (C=N–C) groups is 3. The van der Waals surface area contributed by atoms with Crippen molar-refractivity contribution < 1.29 is 57.3 Å². The summed E-state index contributed by atoms with van der Waals surface area (Å²) in [5, 5.41) is -4.80. The summed E-state index contributed by atoms with van der Waals surface area (Å²) >= 11 is 0. The summed E-state index contributed by atoms with van der Waals surface area (Å²) in [6, 6.07) is 6.13. The highest BCUT2D eigenvalue weighted by Gasteiger charge is 2.36. The van der Waals surface area contributed by atoms with E-state index in [1.807, 2.05) is 0 Å². The first-order valence-electron chi connectivity index (χ1n) is 22.2. The van der Waals surface area contributed by atoms with Crippen LogP contribution in [0.4, 0.5) is 52.7 Å². The van der Waals surface area contributed by atoms with Crippen molar-refractivity contribution in [2.45, 2.75) is 0 Å². The van der Waals surface area contributed by atoms with E-state index in [1.54, 1.807) is 0 Å². The van der Waals surface area contributed by atoms with Crippen LogP contribution in [-0.2, 0) is 7.05 Å². The Kier molecular flexibility index (Phi) is 11.3. The molecule has 1 N–H and O–H groups in total. The van der Waals surface area contributed by atoms with Crippen molar-refractivity contribution in [2.75, 3.05) is 14.1 Å². The number of nitrogens with zero attached hydrogens (tertiary/aromatic N) is 6. The van der Waals surface area contributed by atoms with Crippen LogP contribution in [0.3, 0.4) is 0 Å². The number of aromatic amines is 1. The minimum absolute atomic E-state index is 0.116. The zero-order chi connectivity index (χ0) is 52.2. The largest absolute Gasteiger partial charge is 0.354 e. The molecule has 8 bridgehead atoms. The minimum atomic E-state index is -1.99. The van der Waals surface area contributed by atoms with Crippen molar-refractivity contribution >= 4 is 45.2 Å². The van der Waals surface area contributed by atoms with Crippen molar-refractivity contribution in [1.29, 1.82) is 0 Å². The summed E-state index contributed by atoms with van der Waals surface area (Å²) in [6.45, 7) is 0. The molecule has 11 rings (SSSR count). The van der Waals surface area contributed by atoms with Gasteiger partial charge in [-0.05, 0) is 79.0 Å². The van der Waals surface area contributed by atoms with E-state index >= 15 is 52.7 Å². The molecule has 0 amide bonds. The molecule has 368 valence electrons. The van der Waals surface area contributed by atoms with Gasteiger partial charge in [0.05, 0.1) is 72.1 Å². The molecule has 0 unspecified atom stereocenters. The molecular weight excluding hydrogens is 987 g/mol. The molecule has 0 spiro atoms. The monoisotopic (exact) mass is 1020 g/mol. The minimum Gasteiger partial charge on any atom is -0.354 e. The second kappa shape index (κ2) is 17.6. The lowest BCUT2D eigenvalue weighted by molar-refractivity contribution is -0.660. The number of allylic oxidation sites excluding steroid dienone is 10. The van der Waals surface area contributed by atoms with Crippen LogP contribution in [0.25, 0.3) is 39.4 Å². The predicted molar refractivity (Wildman–Crippen MR) is 252 cm³/mol. The van der Waals surface area contributed by atoms with Gasteiger partial charge in [-0.25, -0.2) is 72.2 Å². The Hall–Kier alpha value is -9.00. The second-order valence-corrected chi connectivity index (χ2v) is 17.2. The predicted octanol–water partition coefficient (Wildman–Crippen LogP) is 8.49. The lowest BCUT2D eigenvalue weighted by Crippen LogP contribution is -2.35. The Morgan fingerprint density at radius 1 is 0.405 bits per heavy atom. The SMILES string of the molecule is CN1C=CC=CC1=c1c(F)c(F)c(=C2C3=NC(=C4C=CC(=N4)C(=c4c(F)c(F)c(=C5C=CC=CN5C)c(F)c4F)c4ccc([nH]4)C(c4c(F)c(F)c(-c5cccc[n+]5C)c(F)c4F)=C4C=CC2=N4)C=C3)c(F)c1F. The number of halogens is 12. The van der Waals surface area contributed by atoms with Crippen molar-refractivity contribution in [3.05, 3.63) is 247 Å². The molecular formula is C55H30F12N7+. The van der Waals surface area contributed by atoms with Gasteiger partial charge in [0.2, 0.25) is 5.69 Å². The highest BCUT2D eigenvalue weighted by atomic mass is 19.2. The van der Waals surface area contributed by atoms with Gasteiger partial charge in [-0.3, -0.25) is 0 Å². The number of aromatic nitrogens is 2. The second-order valence-electron chi connectivity index (χ2n) is 17.2. The van der Waals surface area contributed by atoms with Gasteiger partial charge < -0.3 is 14.8 Å². The molecule has 2 aromatic heterocycles. The van der Waals surface area contributed by atoms with E-state index < -0.39 is 153 Å². The quantitative estimate of drug-likeness (QED) is 0.110. The molecule has 5 aromatic rings. The lowest BCUT2D eigenvalue weighted by atomic mass is 9.95. The molecule has 74 heavy (non-hydrogen) atoms. The Morgan fingerprint density at radius 3 is 1.28 bits per heavy atom. The van der Waals surface area contributed by atoms with Gasteiger partial charge in [0.15, 0.2) is 76.0 Å². The molecule has 7 nitrogen and oxygen atoms in total. The zero-order valence-electron chi connectivity index (χ0n) is 38.3. The highest BCUT2D eigenvalue weighted by Crippen LogP contribution is 2.40. The maximum absolute atomic E-state index is 17.0. The van der Waals surface area contributed by atoms with Gasteiger partial charge in [-0.2, -0.15) is 0 Å². The van der Waals surface area contributed by atoms with Gasteiger partial charge in [-0.1, -0.05) is 12.2 Å². The maximum atomic E-state index is 17.0. The summed E-state index contributed by atoms with van der Waals surface area (Å²) in [5.74, 6) is -22.7. The average Bonchev–Trinajstić information content (AvgIpc) is 4.25. The van der Waals surface area contributed by atoms with Gasteiger partial charge in [0, 0.05) is 66.7 Å². The van der Waals surface area contributed by atoms with Crippen LogP contribution in [-0.4, -0.2) is 46.0 Å². The highest BCUT2D eigenvalue weighted by molar-refractivity contribution is 6.51. The molecule has 0 saturated carbocycles. The number of hydrogen-bond donors (Lipinski definition) is 1. The van der Waals surface area contributed by atoms with E-state index in [1.165, 1.54) is 127 Å². The molecule has 0 aliphatic carbocycles. The number of fused-ring (bicyclic) bond motifs is 5. The van der Waals surface area contributed by atoms with Crippen LogP contribution < -0.4 is 25.4 Å². The first-order valence-corrected chi connectivity index (χ1v) is 22.2. The summed E-state index contributed by atoms with van der Waals surface area (Å²) in [4.78, 5) is 18.5. The molecule has 6 aliphatic heterocycles. The van der Waals surface area contributed by atoms with E-state index in [9.17, 15) is 0 Å². The van der Waals surface area contributed by atoms with Crippen molar-refractivity contribution in [2.24, 2.45) is 22.0 Å². The number of H-pyrrole nitrogens is 1. The van der Waals surface area contributed by atoms with Crippen LogP contribution in [0.2, 0.25) is 0 Å². The van der Waals surface area contributed by atoms with Crippen LogP contribution in [0.15, 0.2) is 154 Å². The topological polar surface area (TPSA) is 63.2 Å². The molecule has 0 fully saturated rings. The third-order valence-electron chi connectivity index (χ3n) is 12.9. The van der Waals surface area contributed by atoms with E-state index in [-0.39, 0.29) is 28.5 Å².